The normalized spacial score (nSPS) is 11.6. The number of methoxy groups -OCH3 is 1. The van der Waals surface area contributed by atoms with Crippen molar-refractivity contribution in [2.45, 2.75) is 17.9 Å². The summed E-state index contributed by atoms with van der Waals surface area (Å²) in [6.45, 7) is -0.238. The average Bonchev–Trinajstić information content (AvgIpc) is 2.86. The van der Waals surface area contributed by atoms with Crippen LogP contribution in [0, 0.1) is 10.1 Å². The number of para-hydroxylation sites is 1. The Hall–Kier alpha value is -4.02. The molecule has 0 bridgehead atoms. The van der Waals surface area contributed by atoms with E-state index < -0.39 is 31.1 Å². The Balaban J connectivity index is 1.77. The maximum absolute atomic E-state index is 13.6. The molecule has 3 aromatic carbocycles. The monoisotopic (exact) mass is 493 g/mol. The summed E-state index contributed by atoms with van der Waals surface area (Å²) in [5.41, 5.74) is 0.727. The van der Waals surface area contributed by atoms with Crippen LogP contribution in [-0.4, -0.2) is 36.3 Å². The number of H-pyrrole nitrogens is 1. The zero-order valence-electron chi connectivity index (χ0n) is 18.9. The Morgan fingerprint density at radius 1 is 1.00 bits per heavy atom. The molecular weight excluding hydrogens is 470 g/mol. The van der Waals surface area contributed by atoms with Gasteiger partial charge in [-0.15, -0.1) is 0 Å². The molecule has 4 rings (SSSR count). The van der Waals surface area contributed by atoms with Gasteiger partial charge in [0.2, 0.25) is 10.0 Å². The van der Waals surface area contributed by atoms with Gasteiger partial charge in [-0.1, -0.05) is 42.5 Å². The van der Waals surface area contributed by atoms with Gasteiger partial charge in [0.25, 0.3) is 11.2 Å². The molecule has 0 spiro atoms. The fourth-order valence-electron chi connectivity index (χ4n) is 3.81. The van der Waals surface area contributed by atoms with Crippen molar-refractivity contribution in [3.63, 3.8) is 0 Å². The number of ether oxygens (including phenoxy) is 1. The maximum atomic E-state index is 13.6. The van der Waals surface area contributed by atoms with Crippen LogP contribution >= 0.6 is 0 Å². The molecule has 0 saturated carbocycles. The molecular formula is C25H23N3O6S. The van der Waals surface area contributed by atoms with Gasteiger partial charge in [0, 0.05) is 35.6 Å². The predicted octanol–water partition coefficient (Wildman–Crippen LogP) is 3.88. The molecule has 35 heavy (non-hydrogen) atoms. The van der Waals surface area contributed by atoms with E-state index in [4.69, 9.17) is 4.74 Å². The lowest BCUT2D eigenvalue weighted by atomic mass is 10.1. The third-order valence-electron chi connectivity index (χ3n) is 5.65. The van der Waals surface area contributed by atoms with Crippen LogP contribution in [0.25, 0.3) is 10.9 Å². The molecule has 0 radical (unpaired) electrons. The SMILES string of the molecule is COc1ccc2[nH]c(=O)c(CN(CCc3ccccc3)S(=O)(=O)c3ccccc3[N+](=O)[O-])cc2c1. The first-order valence-electron chi connectivity index (χ1n) is 10.8. The summed E-state index contributed by atoms with van der Waals surface area (Å²) in [6, 6.07) is 21.2. The number of hydrogen-bond donors (Lipinski definition) is 1. The molecule has 4 aromatic rings. The van der Waals surface area contributed by atoms with E-state index in [0.717, 1.165) is 15.9 Å². The highest BCUT2D eigenvalue weighted by molar-refractivity contribution is 7.89. The molecule has 180 valence electrons. The molecule has 1 aromatic heterocycles. The smallest absolute Gasteiger partial charge is 0.289 e. The standard InChI is InChI=1S/C25H23N3O6S/c1-34-21-11-12-22-19(16-21)15-20(25(29)26-22)17-27(14-13-18-7-3-2-4-8-18)35(32,33)24-10-6-5-9-23(24)28(30)31/h2-12,15-16H,13-14,17H2,1H3,(H,26,29). The van der Waals surface area contributed by atoms with Crippen molar-refractivity contribution in [2.24, 2.45) is 0 Å². The number of benzene rings is 3. The Kier molecular flexibility index (Phi) is 6.94. The van der Waals surface area contributed by atoms with E-state index in [9.17, 15) is 23.3 Å². The fraction of sp³-hybridized carbons (Fsp3) is 0.160. The maximum Gasteiger partial charge on any atom is 0.289 e. The third-order valence-corrected chi connectivity index (χ3v) is 7.54. The number of aromatic amines is 1. The minimum Gasteiger partial charge on any atom is -0.497 e. The third kappa shape index (κ3) is 5.23. The molecule has 0 atom stereocenters. The van der Waals surface area contributed by atoms with E-state index in [-0.39, 0.29) is 18.7 Å². The summed E-state index contributed by atoms with van der Waals surface area (Å²) in [6.07, 6.45) is 0.361. The predicted molar refractivity (Wildman–Crippen MR) is 132 cm³/mol. The minimum absolute atomic E-state index is 0.0218. The lowest BCUT2D eigenvalue weighted by Crippen LogP contribution is -2.35. The summed E-state index contributed by atoms with van der Waals surface area (Å²) in [4.78, 5) is 26.0. The van der Waals surface area contributed by atoms with Crippen LogP contribution in [0.2, 0.25) is 0 Å². The van der Waals surface area contributed by atoms with Crippen LogP contribution in [0.3, 0.4) is 0 Å². The number of aromatic nitrogens is 1. The van der Waals surface area contributed by atoms with Gasteiger partial charge >= 0.3 is 0 Å². The van der Waals surface area contributed by atoms with E-state index in [1.165, 1.54) is 25.3 Å². The molecule has 1 N–H and O–H groups in total. The number of rotatable bonds is 9. The average molecular weight is 494 g/mol. The van der Waals surface area contributed by atoms with Crippen molar-refractivity contribution in [1.82, 2.24) is 9.29 Å². The molecule has 9 nitrogen and oxygen atoms in total. The second-order valence-electron chi connectivity index (χ2n) is 7.88. The van der Waals surface area contributed by atoms with Gasteiger partial charge in [0.1, 0.15) is 5.75 Å². The zero-order chi connectivity index (χ0) is 25.0. The Morgan fingerprint density at radius 2 is 1.71 bits per heavy atom. The van der Waals surface area contributed by atoms with Gasteiger partial charge in [0.05, 0.1) is 12.0 Å². The van der Waals surface area contributed by atoms with Crippen molar-refractivity contribution in [3.8, 4) is 5.75 Å². The Bertz CT molecular complexity index is 1530. The van der Waals surface area contributed by atoms with Crippen molar-refractivity contribution in [1.29, 1.82) is 0 Å². The van der Waals surface area contributed by atoms with Crippen molar-refractivity contribution < 1.29 is 18.1 Å². The number of hydrogen-bond acceptors (Lipinski definition) is 6. The number of fused-ring (bicyclic) bond motifs is 1. The highest BCUT2D eigenvalue weighted by Crippen LogP contribution is 2.28. The van der Waals surface area contributed by atoms with Crippen molar-refractivity contribution in [2.75, 3.05) is 13.7 Å². The molecule has 0 aliphatic carbocycles. The van der Waals surface area contributed by atoms with E-state index in [0.29, 0.717) is 23.1 Å². The van der Waals surface area contributed by atoms with Gasteiger partial charge in [-0.25, -0.2) is 8.42 Å². The molecule has 1 heterocycles. The molecule has 0 unspecified atom stereocenters. The topological polar surface area (TPSA) is 123 Å². The molecule has 0 saturated heterocycles. The number of nitrogens with one attached hydrogen (secondary N) is 1. The summed E-state index contributed by atoms with van der Waals surface area (Å²) >= 11 is 0. The second kappa shape index (κ2) is 10.1. The van der Waals surface area contributed by atoms with Gasteiger partial charge in [0.15, 0.2) is 4.90 Å². The number of nitro benzene ring substituents is 1. The van der Waals surface area contributed by atoms with Crippen LogP contribution < -0.4 is 10.3 Å². The van der Waals surface area contributed by atoms with Crippen LogP contribution in [-0.2, 0) is 23.0 Å². The molecule has 0 amide bonds. The first-order valence-corrected chi connectivity index (χ1v) is 12.2. The second-order valence-corrected chi connectivity index (χ2v) is 9.78. The van der Waals surface area contributed by atoms with Crippen LogP contribution in [0.1, 0.15) is 11.1 Å². The largest absolute Gasteiger partial charge is 0.497 e. The van der Waals surface area contributed by atoms with Gasteiger partial charge in [-0.3, -0.25) is 14.9 Å². The van der Waals surface area contributed by atoms with Gasteiger partial charge in [-0.2, -0.15) is 4.31 Å². The Labute approximate surface area is 201 Å². The Morgan fingerprint density at radius 3 is 2.43 bits per heavy atom. The number of pyridine rings is 1. The summed E-state index contributed by atoms with van der Waals surface area (Å²) in [5, 5.41) is 12.2. The summed E-state index contributed by atoms with van der Waals surface area (Å²) in [7, 11) is -2.79. The molecule has 0 aliphatic heterocycles. The number of nitrogens with zero attached hydrogens (tertiary/aromatic N) is 2. The first-order chi connectivity index (χ1) is 16.8. The number of sulfonamides is 1. The van der Waals surface area contributed by atoms with Crippen molar-refractivity contribution in [3.05, 3.63) is 110 Å². The number of nitro groups is 1. The fourth-order valence-corrected chi connectivity index (χ4v) is 5.39. The van der Waals surface area contributed by atoms with E-state index in [2.05, 4.69) is 4.98 Å². The van der Waals surface area contributed by atoms with Crippen LogP contribution in [0.4, 0.5) is 5.69 Å². The highest BCUT2D eigenvalue weighted by atomic mass is 32.2. The van der Waals surface area contributed by atoms with Gasteiger partial charge < -0.3 is 9.72 Å². The van der Waals surface area contributed by atoms with Crippen LogP contribution in [0.5, 0.6) is 5.75 Å². The molecule has 0 aliphatic rings. The lowest BCUT2D eigenvalue weighted by molar-refractivity contribution is -0.387. The van der Waals surface area contributed by atoms with E-state index >= 15 is 0 Å². The van der Waals surface area contributed by atoms with Crippen LogP contribution in [0.15, 0.2) is 88.6 Å². The summed E-state index contributed by atoms with van der Waals surface area (Å²) in [5.74, 6) is 0.587. The summed E-state index contributed by atoms with van der Waals surface area (Å²) < 4.78 is 33.7. The molecule has 10 heteroatoms. The van der Waals surface area contributed by atoms with Gasteiger partial charge in [-0.05, 0) is 42.3 Å². The van der Waals surface area contributed by atoms with Crippen molar-refractivity contribution >= 4 is 26.6 Å². The van der Waals surface area contributed by atoms with E-state index in [1.807, 2.05) is 30.3 Å². The quantitative estimate of drug-likeness (QED) is 0.279. The van der Waals surface area contributed by atoms with E-state index in [1.54, 1.807) is 24.3 Å². The minimum atomic E-state index is -4.31. The molecule has 0 fully saturated rings. The zero-order valence-corrected chi connectivity index (χ0v) is 19.7. The lowest BCUT2D eigenvalue weighted by Gasteiger charge is -2.22. The first kappa shape index (κ1) is 24.1. The highest BCUT2D eigenvalue weighted by Gasteiger charge is 2.32.